The van der Waals surface area contributed by atoms with Gasteiger partial charge in [-0.15, -0.1) is 0 Å². The second kappa shape index (κ2) is 7.02. The summed E-state index contributed by atoms with van der Waals surface area (Å²) in [7, 11) is 0. The normalized spacial score (nSPS) is 11.5. The number of rotatable bonds is 3. The van der Waals surface area contributed by atoms with E-state index in [1.54, 1.807) is 18.3 Å². The van der Waals surface area contributed by atoms with E-state index in [4.69, 9.17) is 27.6 Å². The molecule has 4 aromatic rings. The van der Waals surface area contributed by atoms with E-state index in [0.29, 0.717) is 33.4 Å². The van der Waals surface area contributed by atoms with Crippen molar-refractivity contribution in [1.29, 1.82) is 0 Å². The molecule has 0 fully saturated rings. The van der Waals surface area contributed by atoms with Gasteiger partial charge in [0, 0.05) is 28.6 Å². The first kappa shape index (κ1) is 17.5. The summed E-state index contributed by atoms with van der Waals surface area (Å²) in [6, 6.07) is 12.3. The van der Waals surface area contributed by atoms with Gasteiger partial charge in [0.25, 0.3) is 0 Å². The molecule has 0 unspecified atom stereocenters. The largest absolute Gasteiger partial charge is 0.506 e. The maximum absolute atomic E-state index is 10.1. The Labute approximate surface area is 164 Å². The number of aromatic hydroxyl groups is 1. The quantitative estimate of drug-likeness (QED) is 0.432. The summed E-state index contributed by atoms with van der Waals surface area (Å²) < 4.78 is 5.80. The zero-order valence-electron chi connectivity index (χ0n) is 14.1. The Hall–Kier alpha value is -2.89. The van der Waals surface area contributed by atoms with Gasteiger partial charge in [-0.2, -0.15) is 4.98 Å². The summed E-state index contributed by atoms with van der Waals surface area (Å²) in [5, 5.41) is 10.7. The van der Waals surface area contributed by atoms with Crippen molar-refractivity contribution in [1.82, 2.24) is 9.97 Å². The van der Waals surface area contributed by atoms with Crippen LogP contribution in [0, 0.1) is 6.92 Å². The van der Waals surface area contributed by atoms with Crippen molar-refractivity contribution in [3.63, 3.8) is 0 Å². The zero-order chi connectivity index (χ0) is 19.0. The summed E-state index contributed by atoms with van der Waals surface area (Å²) >= 11 is 11.9. The molecule has 5 nitrogen and oxygen atoms in total. The van der Waals surface area contributed by atoms with Gasteiger partial charge >= 0.3 is 0 Å². The lowest BCUT2D eigenvalue weighted by Gasteiger charge is -2.06. The molecule has 0 aliphatic carbocycles. The number of hydrogen-bond donors (Lipinski definition) is 1. The molecule has 0 bridgehead atoms. The third-order valence-corrected chi connectivity index (χ3v) is 4.61. The molecule has 134 valence electrons. The van der Waals surface area contributed by atoms with Gasteiger partial charge in [-0.3, -0.25) is 4.99 Å². The summed E-state index contributed by atoms with van der Waals surface area (Å²) in [6.45, 7) is 1.93. The highest BCUT2D eigenvalue weighted by molar-refractivity contribution is 6.36. The van der Waals surface area contributed by atoms with Crippen molar-refractivity contribution >= 4 is 46.3 Å². The standard InChI is InChI=1S/C20H13Cl2N3O2/c1-11-14(20-25-19-17(27-20)6-3-7-23-19)4-2-5-16(11)24-10-12-8-13(21)9-15(22)18(12)26/h2-10,26H,1H3. The summed E-state index contributed by atoms with van der Waals surface area (Å²) in [4.78, 5) is 13.1. The number of phenols is 1. The molecule has 27 heavy (non-hydrogen) atoms. The molecule has 2 aromatic carbocycles. The van der Waals surface area contributed by atoms with Crippen molar-refractivity contribution in [2.45, 2.75) is 6.92 Å². The second-order valence-electron chi connectivity index (χ2n) is 5.88. The molecule has 2 heterocycles. The van der Waals surface area contributed by atoms with E-state index in [-0.39, 0.29) is 10.8 Å². The Morgan fingerprint density at radius 2 is 2.00 bits per heavy atom. The second-order valence-corrected chi connectivity index (χ2v) is 6.72. The van der Waals surface area contributed by atoms with Crippen LogP contribution in [0.1, 0.15) is 11.1 Å². The number of benzene rings is 2. The Morgan fingerprint density at radius 3 is 2.81 bits per heavy atom. The maximum Gasteiger partial charge on any atom is 0.229 e. The van der Waals surface area contributed by atoms with Crippen LogP contribution in [0.15, 0.2) is 58.1 Å². The van der Waals surface area contributed by atoms with Crippen LogP contribution in [0.25, 0.3) is 22.7 Å². The molecule has 0 saturated heterocycles. The fourth-order valence-electron chi connectivity index (χ4n) is 2.70. The first-order valence-corrected chi connectivity index (χ1v) is 8.82. The monoisotopic (exact) mass is 397 g/mol. The lowest BCUT2D eigenvalue weighted by Crippen LogP contribution is -1.87. The number of halogens is 2. The molecule has 4 rings (SSSR count). The van der Waals surface area contributed by atoms with Crippen LogP contribution in [0.5, 0.6) is 5.75 Å². The molecule has 1 N–H and O–H groups in total. The van der Waals surface area contributed by atoms with E-state index >= 15 is 0 Å². The number of phenolic OH excluding ortho intramolecular Hbond substituents is 1. The number of pyridine rings is 1. The Morgan fingerprint density at radius 1 is 1.15 bits per heavy atom. The van der Waals surface area contributed by atoms with Gasteiger partial charge in [0.2, 0.25) is 5.89 Å². The molecule has 2 aromatic heterocycles. The highest BCUT2D eigenvalue weighted by Gasteiger charge is 2.13. The molecule has 0 amide bonds. The Bertz CT molecular complexity index is 1150. The lowest BCUT2D eigenvalue weighted by molar-refractivity contribution is 0.475. The summed E-state index contributed by atoms with van der Waals surface area (Å²) in [6.07, 6.45) is 3.19. The van der Waals surface area contributed by atoms with Crippen molar-refractivity contribution in [3.8, 4) is 17.2 Å². The smallest absolute Gasteiger partial charge is 0.229 e. The molecule has 0 atom stereocenters. The average molecular weight is 398 g/mol. The predicted molar refractivity (Wildman–Crippen MR) is 107 cm³/mol. The number of aromatic nitrogens is 2. The first-order chi connectivity index (χ1) is 13.0. The topological polar surface area (TPSA) is 71.5 Å². The van der Waals surface area contributed by atoms with Gasteiger partial charge in [-0.25, -0.2) is 4.98 Å². The summed E-state index contributed by atoms with van der Waals surface area (Å²) in [5.74, 6) is 0.413. The number of hydrogen-bond acceptors (Lipinski definition) is 5. The van der Waals surface area contributed by atoms with Crippen LogP contribution in [-0.4, -0.2) is 21.3 Å². The van der Waals surface area contributed by atoms with E-state index in [1.807, 2.05) is 31.2 Å². The number of fused-ring (bicyclic) bond motifs is 1. The minimum atomic E-state index is -0.0661. The molecule has 0 aliphatic rings. The number of oxazole rings is 1. The Balaban J connectivity index is 1.74. The van der Waals surface area contributed by atoms with Gasteiger partial charge < -0.3 is 9.52 Å². The summed E-state index contributed by atoms with van der Waals surface area (Å²) in [5.41, 5.74) is 4.02. The van der Waals surface area contributed by atoms with Gasteiger partial charge in [-0.1, -0.05) is 29.3 Å². The van der Waals surface area contributed by atoms with E-state index in [0.717, 1.165) is 11.1 Å². The van der Waals surface area contributed by atoms with Crippen molar-refractivity contribution in [2.24, 2.45) is 4.99 Å². The van der Waals surface area contributed by atoms with E-state index < -0.39 is 0 Å². The minimum Gasteiger partial charge on any atom is -0.506 e. The molecule has 0 radical (unpaired) electrons. The average Bonchev–Trinajstić information content (AvgIpc) is 3.08. The predicted octanol–water partition coefficient (Wildman–Crippen LogP) is 5.96. The SMILES string of the molecule is Cc1c(N=Cc2cc(Cl)cc(Cl)c2O)cccc1-c1nc2ncccc2o1. The molecular weight excluding hydrogens is 385 g/mol. The number of aliphatic imine (C=N–C) groups is 1. The van der Waals surface area contributed by atoms with Crippen molar-refractivity contribution in [3.05, 3.63) is 69.8 Å². The van der Waals surface area contributed by atoms with Crippen LogP contribution < -0.4 is 0 Å². The van der Waals surface area contributed by atoms with Crippen LogP contribution in [0.2, 0.25) is 10.0 Å². The van der Waals surface area contributed by atoms with Gasteiger partial charge in [-0.05, 0) is 48.9 Å². The highest BCUT2D eigenvalue weighted by atomic mass is 35.5. The third kappa shape index (κ3) is 3.39. The third-order valence-electron chi connectivity index (χ3n) is 4.10. The van der Waals surface area contributed by atoms with Crippen molar-refractivity contribution < 1.29 is 9.52 Å². The van der Waals surface area contributed by atoms with Gasteiger partial charge in [0.05, 0.1) is 10.7 Å². The van der Waals surface area contributed by atoms with Crippen LogP contribution >= 0.6 is 23.2 Å². The van der Waals surface area contributed by atoms with E-state index in [2.05, 4.69) is 15.0 Å². The van der Waals surface area contributed by atoms with E-state index in [1.165, 1.54) is 12.3 Å². The van der Waals surface area contributed by atoms with Gasteiger partial charge in [0.15, 0.2) is 11.2 Å². The first-order valence-electron chi connectivity index (χ1n) is 8.06. The van der Waals surface area contributed by atoms with Gasteiger partial charge in [0.1, 0.15) is 5.75 Å². The zero-order valence-corrected chi connectivity index (χ0v) is 15.7. The molecule has 7 heteroatoms. The lowest BCUT2D eigenvalue weighted by atomic mass is 10.1. The molecular formula is C20H13Cl2N3O2. The molecule has 0 saturated carbocycles. The molecule has 0 aliphatic heterocycles. The van der Waals surface area contributed by atoms with E-state index in [9.17, 15) is 5.11 Å². The fraction of sp³-hybridized carbons (Fsp3) is 0.0500. The fourth-order valence-corrected chi connectivity index (χ4v) is 3.21. The highest BCUT2D eigenvalue weighted by Crippen LogP contribution is 2.33. The molecule has 0 spiro atoms. The van der Waals surface area contributed by atoms with Crippen LogP contribution in [-0.2, 0) is 0 Å². The minimum absolute atomic E-state index is 0.0661. The Kier molecular flexibility index (Phi) is 4.56. The van der Waals surface area contributed by atoms with Crippen LogP contribution in [0.4, 0.5) is 5.69 Å². The van der Waals surface area contributed by atoms with Crippen molar-refractivity contribution in [2.75, 3.05) is 0 Å². The number of nitrogens with zero attached hydrogens (tertiary/aromatic N) is 3. The van der Waals surface area contributed by atoms with Crippen LogP contribution in [0.3, 0.4) is 0 Å². The maximum atomic E-state index is 10.1.